The molecule has 0 atom stereocenters. The average Bonchev–Trinajstić information content (AvgIpc) is 2.59. The zero-order chi connectivity index (χ0) is 11.3. The maximum absolute atomic E-state index is 10.8. The third kappa shape index (κ3) is 3.36. The Balaban J connectivity index is 2.83. The first-order valence-electron chi connectivity index (χ1n) is 3.67. The zero-order valence-corrected chi connectivity index (χ0v) is 9.34. The Hall–Kier alpha value is -1.35. The number of aliphatic carboxylic acids is 1. The maximum atomic E-state index is 10.8. The highest BCUT2D eigenvalue weighted by Gasteiger charge is 2.18. The van der Waals surface area contributed by atoms with Gasteiger partial charge >= 0.3 is 5.97 Å². The number of nitrogens with zero attached hydrogens (tertiary/aromatic N) is 3. The molecule has 1 rings (SSSR count). The predicted octanol–water partition coefficient (Wildman–Crippen LogP) is 0.246. The lowest BCUT2D eigenvalue weighted by molar-refractivity contribution is -0.129. The number of carboxylic acid groups (broad SMARTS) is 1. The van der Waals surface area contributed by atoms with Gasteiger partial charge in [-0.05, 0) is 6.26 Å². The van der Waals surface area contributed by atoms with Gasteiger partial charge in [0.15, 0.2) is 11.1 Å². The van der Waals surface area contributed by atoms with Crippen molar-refractivity contribution in [2.75, 3.05) is 17.9 Å². The van der Waals surface area contributed by atoms with Gasteiger partial charge in [0.2, 0.25) is 11.5 Å². The van der Waals surface area contributed by atoms with Crippen molar-refractivity contribution in [3.8, 4) is 0 Å². The van der Waals surface area contributed by atoms with Crippen molar-refractivity contribution in [2.45, 2.75) is 0 Å². The summed E-state index contributed by atoms with van der Waals surface area (Å²) in [5.74, 6) is -1.03. The van der Waals surface area contributed by atoms with Crippen LogP contribution >= 0.6 is 23.3 Å². The molecule has 0 aromatic carbocycles. The molecular formula is C6H8N4O3S2. The minimum atomic E-state index is -1.26. The first-order valence-corrected chi connectivity index (χ1v) is 5.83. The van der Waals surface area contributed by atoms with E-state index in [9.17, 15) is 4.79 Å². The van der Waals surface area contributed by atoms with E-state index in [1.54, 1.807) is 6.26 Å². The van der Waals surface area contributed by atoms with Crippen molar-refractivity contribution in [1.82, 2.24) is 9.36 Å². The van der Waals surface area contributed by atoms with Crippen molar-refractivity contribution < 1.29 is 14.7 Å². The Labute approximate surface area is 93.5 Å². The Morgan fingerprint density at radius 1 is 1.80 bits per heavy atom. The molecule has 0 unspecified atom stereocenters. The predicted molar refractivity (Wildman–Crippen MR) is 58.0 cm³/mol. The average molecular weight is 248 g/mol. The maximum Gasteiger partial charge on any atom is 0.362 e. The Kier molecular flexibility index (Phi) is 4.31. The van der Waals surface area contributed by atoms with Crippen LogP contribution in [0.25, 0.3) is 0 Å². The number of hydrogen-bond acceptors (Lipinski definition) is 8. The van der Waals surface area contributed by atoms with E-state index < -0.39 is 5.97 Å². The first-order chi connectivity index (χ1) is 7.15. The van der Waals surface area contributed by atoms with Gasteiger partial charge in [-0.3, -0.25) is 0 Å². The van der Waals surface area contributed by atoms with Gasteiger partial charge in [-0.1, -0.05) is 5.16 Å². The molecule has 0 aliphatic rings. The van der Waals surface area contributed by atoms with Crippen molar-refractivity contribution in [3.63, 3.8) is 0 Å². The molecule has 0 saturated heterocycles. The molecule has 3 N–H and O–H groups in total. The Bertz CT molecular complexity index is 378. The van der Waals surface area contributed by atoms with Gasteiger partial charge in [0.05, 0.1) is 0 Å². The van der Waals surface area contributed by atoms with Crippen molar-refractivity contribution in [2.24, 2.45) is 5.16 Å². The van der Waals surface area contributed by atoms with E-state index in [2.05, 4.69) is 14.5 Å². The number of thioether (sulfide) groups is 1. The van der Waals surface area contributed by atoms with E-state index in [0.29, 0.717) is 0 Å². The van der Waals surface area contributed by atoms with Crippen molar-refractivity contribution in [1.29, 1.82) is 0 Å². The molecule has 7 nitrogen and oxygen atoms in total. The van der Waals surface area contributed by atoms with Gasteiger partial charge < -0.3 is 15.7 Å². The molecule has 9 heteroatoms. The van der Waals surface area contributed by atoms with Gasteiger partial charge in [-0.15, -0.1) is 11.8 Å². The smallest absolute Gasteiger partial charge is 0.362 e. The molecule has 0 aliphatic carbocycles. The van der Waals surface area contributed by atoms with Gasteiger partial charge in [0.25, 0.3) is 0 Å². The number of nitrogens with two attached hydrogens (primary N) is 1. The van der Waals surface area contributed by atoms with Crippen LogP contribution in [0, 0.1) is 0 Å². The highest BCUT2D eigenvalue weighted by Crippen LogP contribution is 2.07. The minimum absolute atomic E-state index is 0.0360. The summed E-state index contributed by atoms with van der Waals surface area (Å²) < 4.78 is 3.72. The molecule has 0 aliphatic heterocycles. The SMILES string of the molecule is CSCO/N=C(\C(=O)O)c1nsc(N)n1. The molecule has 82 valence electrons. The van der Waals surface area contributed by atoms with E-state index in [0.717, 1.165) is 11.5 Å². The number of carboxylic acids is 1. The van der Waals surface area contributed by atoms with E-state index in [-0.39, 0.29) is 22.6 Å². The Morgan fingerprint density at radius 2 is 2.53 bits per heavy atom. The van der Waals surface area contributed by atoms with Crippen LogP contribution in [0.15, 0.2) is 5.16 Å². The van der Waals surface area contributed by atoms with Crippen LogP contribution in [-0.4, -0.2) is 38.3 Å². The zero-order valence-electron chi connectivity index (χ0n) is 7.71. The normalized spacial score (nSPS) is 11.4. The molecule has 0 saturated carbocycles. The monoisotopic (exact) mass is 248 g/mol. The summed E-state index contributed by atoms with van der Waals surface area (Å²) in [4.78, 5) is 19.2. The van der Waals surface area contributed by atoms with E-state index in [4.69, 9.17) is 15.7 Å². The molecule has 0 fully saturated rings. The van der Waals surface area contributed by atoms with Gasteiger partial charge in [0, 0.05) is 11.5 Å². The highest BCUT2D eigenvalue weighted by molar-refractivity contribution is 7.98. The lowest BCUT2D eigenvalue weighted by Crippen LogP contribution is -2.16. The van der Waals surface area contributed by atoms with Crippen LogP contribution in [0.5, 0.6) is 0 Å². The summed E-state index contributed by atoms with van der Waals surface area (Å²) in [5.41, 5.74) is 4.97. The van der Waals surface area contributed by atoms with Crippen LogP contribution in [0.4, 0.5) is 5.13 Å². The summed E-state index contributed by atoms with van der Waals surface area (Å²) in [6.45, 7) is 0. The molecular weight excluding hydrogens is 240 g/mol. The summed E-state index contributed by atoms with van der Waals surface area (Å²) in [7, 11) is 0. The fourth-order valence-corrected chi connectivity index (χ4v) is 1.24. The number of nitrogen functional groups attached to an aromatic ring is 1. The molecule has 15 heavy (non-hydrogen) atoms. The molecule has 1 aromatic rings. The molecule has 0 radical (unpaired) electrons. The summed E-state index contributed by atoms with van der Waals surface area (Å²) in [6, 6.07) is 0. The fourth-order valence-electron chi connectivity index (χ4n) is 0.651. The van der Waals surface area contributed by atoms with Gasteiger partial charge in [-0.2, -0.15) is 9.36 Å². The fraction of sp³-hybridized carbons (Fsp3) is 0.333. The Morgan fingerprint density at radius 3 is 3.00 bits per heavy atom. The number of carbonyl (C=O) groups is 1. The number of anilines is 1. The van der Waals surface area contributed by atoms with Crippen molar-refractivity contribution >= 4 is 40.1 Å². The van der Waals surface area contributed by atoms with E-state index in [1.807, 2.05) is 0 Å². The third-order valence-corrected chi connectivity index (χ3v) is 2.07. The van der Waals surface area contributed by atoms with Crippen LogP contribution in [0.3, 0.4) is 0 Å². The quantitative estimate of drug-likeness (QED) is 0.332. The summed E-state index contributed by atoms with van der Waals surface area (Å²) in [5, 5.41) is 12.4. The number of rotatable bonds is 5. The van der Waals surface area contributed by atoms with Crippen LogP contribution in [0.1, 0.15) is 5.82 Å². The van der Waals surface area contributed by atoms with E-state index >= 15 is 0 Å². The molecule has 1 aromatic heterocycles. The lowest BCUT2D eigenvalue weighted by Gasteiger charge is -1.96. The highest BCUT2D eigenvalue weighted by atomic mass is 32.2. The molecule has 1 heterocycles. The number of hydrogen-bond donors (Lipinski definition) is 2. The minimum Gasteiger partial charge on any atom is -0.476 e. The number of aromatic nitrogens is 2. The summed E-state index contributed by atoms with van der Waals surface area (Å²) in [6.07, 6.45) is 1.80. The second-order valence-electron chi connectivity index (χ2n) is 2.24. The topological polar surface area (TPSA) is 111 Å². The first kappa shape index (κ1) is 11.7. The third-order valence-electron chi connectivity index (χ3n) is 1.18. The molecule has 0 spiro atoms. The lowest BCUT2D eigenvalue weighted by atomic mass is 10.4. The largest absolute Gasteiger partial charge is 0.476 e. The second kappa shape index (κ2) is 5.51. The van der Waals surface area contributed by atoms with Crippen molar-refractivity contribution in [3.05, 3.63) is 5.82 Å². The van der Waals surface area contributed by atoms with E-state index in [1.165, 1.54) is 11.8 Å². The summed E-state index contributed by atoms with van der Waals surface area (Å²) >= 11 is 2.27. The van der Waals surface area contributed by atoms with Gasteiger partial charge in [0.1, 0.15) is 0 Å². The number of oxime groups is 1. The van der Waals surface area contributed by atoms with Crippen LogP contribution < -0.4 is 5.73 Å². The van der Waals surface area contributed by atoms with Gasteiger partial charge in [-0.25, -0.2) is 4.79 Å². The molecule has 0 bridgehead atoms. The molecule has 0 amide bonds. The second-order valence-corrected chi connectivity index (χ2v) is 3.83. The van der Waals surface area contributed by atoms with Crippen LogP contribution in [0.2, 0.25) is 0 Å². The van der Waals surface area contributed by atoms with Crippen LogP contribution in [-0.2, 0) is 9.63 Å². The standard InChI is InChI=1S/C6H8N4O3S2/c1-14-2-13-9-3(5(11)12)4-8-6(7)15-10-4/h2H2,1H3,(H,11,12)(H2,7,8,10)/b9-3-.